The van der Waals surface area contributed by atoms with Crippen LogP contribution in [-0.4, -0.2) is 66.6 Å². The number of hydrogen-bond acceptors (Lipinski definition) is 5. The number of carbonyl (C=O) groups excluding carboxylic acids is 1. The number of pyridine rings is 1. The molecule has 6 heteroatoms. The molecule has 2 aromatic carbocycles. The van der Waals surface area contributed by atoms with Crippen molar-refractivity contribution >= 4 is 16.8 Å². The molecule has 6 nitrogen and oxygen atoms in total. The Morgan fingerprint density at radius 1 is 1.03 bits per heavy atom. The standard InChI is InChI=1S/C26H30N4O2/c1-19-5-7-23-24(28-19)3-2-4-25(23)32-16-15-29-11-13-30(14-12-29)18-20-6-8-22-21(17-20)9-10-27-26(22)31/h2-8,17H,9-16,18H2,1H3,(H,27,31). The van der Waals surface area contributed by atoms with Gasteiger partial charge in [-0.25, -0.2) is 0 Å². The molecule has 1 amide bonds. The van der Waals surface area contributed by atoms with Crippen LogP contribution in [0.25, 0.3) is 10.9 Å². The highest BCUT2D eigenvalue weighted by atomic mass is 16.5. The van der Waals surface area contributed by atoms with Gasteiger partial charge in [-0.05, 0) is 54.8 Å². The molecular formula is C26H30N4O2. The van der Waals surface area contributed by atoms with Crippen LogP contribution in [0.2, 0.25) is 0 Å². The third-order valence-corrected chi connectivity index (χ3v) is 6.46. The third-order valence-electron chi connectivity index (χ3n) is 6.46. The van der Waals surface area contributed by atoms with Gasteiger partial charge < -0.3 is 10.1 Å². The maximum Gasteiger partial charge on any atom is 0.251 e. The summed E-state index contributed by atoms with van der Waals surface area (Å²) in [6.45, 7) is 9.50. The van der Waals surface area contributed by atoms with E-state index < -0.39 is 0 Å². The molecule has 2 aliphatic heterocycles. The van der Waals surface area contributed by atoms with Gasteiger partial charge in [0.2, 0.25) is 0 Å². The molecular weight excluding hydrogens is 400 g/mol. The number of nitrogens with zero attached hydrogens (tertiary/aromatic N) is 3. The second kappa shape index (κ2) is 9.27. The first kappa shape index (κ1) is 20.9. The molecule has 1 saturated heterocycles. The molecule has 0 bridgehead atoms. The Morgan fingerprint density at radius 2 is 1.88 bits per heavy atom. The summed E-state index contributed by atoms with van der Waals surface area (Å²) < 4.78 is 6.12. The van der Waals surface area contributed by atoms with Gasteiger partial charge in [-0.3, -0.25) is 19.6 Å². The van der Waals surface area contributed by atoms with E-state index >= 15 is 0 Å². The van der Waals surface area contributed by atoms with Crippen molar-refractivity contribution in [2.75, 3.05) is 45.9 Å². The van der Waals surface area contributed by atoms with Crippen LogP contribution < -0.4 is 10.1 Å². The quantitative estimate of drug-likeness (QED) is 0.652. The lowest BCUT2D eigenvalue weighted by atomic mass is 9.97. The smallest absolute Gasteiger partial charge is 0.251 e. The van der Waals surface area contributed by atoms with Gasteiger partial charge in [0, 0.05) is 62.5 Å². The number of hydrogen-bond donors (Lipinski definition) is 1. The maximum atomic E-state index is 11.9. The maximum absolute atomic E-state index is 11.9. The van der Waals surface area contributed by atoms with Crippen molar-refractivity contribution in [1.82, 2.24) is 20.1 Å². The van der Waals surface area contributed by atoms with Gasteiger partial charge in [0.05, 0.1) is 5.52 Å². The summed E-state index contributed by atoms with van der Waals surface area (Å²) >= 11 is 0. The summed E-state index contributed by atoms with van der Waals surface area (Å²) in [6.07, 6.45) is 0.926. The fourth-order valence-corrected chi connectivity index (χ4v) is 4.65. The van der Waals surface area contributed by atoms with Gasteiger partial charge in [0.15, 0.2) is 0 Å². The zero-order valence-corrected chi connectivity index (χ0v) is 18.6. The minimum Gasteiger partial charge on any atom is -0.492 e. The lowest BCUT2D eigenvalue weighted by Gasteiger charge is -2.34. The zero-order chi connectivity index (χ0) is 21.9. The number of benzene rings is 2. The molecule has 0 unspecified atom stereocenters. The van der Waals surface area contributed by atoms with E-state index in [0.717, 1.165) is 80.1 Å². The molecule has 0 atom stereocenters. The van der Waals surface area contributed by atoms with Crippen molar-refractivity contribution in [1.29, 1.82) is 0 Å². The minimum atomic E-state index is 0.0588. The summed E-state index contributed by atoms with van der Waals surface area (Å²) in [5, 5.41) is 3.99. The molecule has 1 fully saturated rings. The van der Waals surface area contributed by atoms with Crippen LogP contribution in [0.15, 0.2) is 48.5 Å². The molecule has 0 aliphatic carbocycles. The van der Waals surface area contributed by atoms with Gasteiger partial charge in [0.1, 0.15) is 12.4 Å². The normalized spacial score (nSPS) is 17.2. The second-order valence-electron chi connectivity index (χ2n) is 8.74. The number of piperazine rings is 1. The van der Waals surface area contributed by atoms with E-state index in [1.54, 1.807) is 0 Å². The van der Waals surface area contributed by atoms with Crippen molar-refractivity contribution in [2.24, 2.45) is 0 Å². The first-order chi connectivity index (χ1) is 15.7. The van der Waals surface area contributed by atoms with Crippen molar-refractivity contribution in [3.05, 3.63) is 70.9 Å². The Balaban J connectivity index is 1.10. The number of carbonyl (C=O) groups is 1. The highest BCUT2D eigenvalue weighted by Crippen LogP contribution is 2.24. The predicted molar refractivity (Wildman–Crippen MR) is 126 cm³/mol. The molecule has 1 aromatic heterocycles. The molecule has 0 saturated carbocycles. The Morgan fingerprint density at radius 3 is 2.75 bits per heavy atom. The van der Waals surface area contributed by atoms with E-state index in [1.165, 1.54) is 11.1 Å². The number of ether oxygens (including phenoxy) is 1. The molecule has 32 heavy (non-hydrogen) atoms. The predicted octanol–water partition coefficient (Wildman–Crippen LogP) is 3.03. The first-order valence-electron chi connectivity index (χ1n) is 11.5. The summed E-state index contributed by atoms with van der Waals surface area (Å²) in [6, 6.07) is 16.5. The molecule has 0 radical (unpaired) electrons. The topological polar surface area (TPSA) is 57.7 Å². The average Bonchev–Trinajstić information content (AvgIpc) is 2.80. The number of aryl methyl sites for hydroxylation is 1. The first-order valence-corrected chi connectivity index (χ1v) is 11.5. The highest BCUT2D eigenvalue weighted by molar-refractivity contribution is 5.96. The zero-order valence-electron chi connectivity index (χ0n) is 18.6. The molecule has 2 aliphatic rings. The number of nitrogens with one attached hydrogen (secondary N) is 1. The van der Waals surface area contributed by atoms with Crippen LogP contribution >= 0.6 is 0 Å². The van der Waals surface area contributed by atoms with Crippen molar-refractivity contribution in [3.63, 3.8) is 0 Å². The molecule has 1 N–H and O–H groups in total. The van der Waals surface area contributed by atoms with E-state index in [4.69, 9.17) is 4.74 Å². The van der Waals surface area contributed by atoms with Crippen LogP contribution in [-0.2, 0) is 13.0 Å². The average molecular weight is 431 g/mol. The minimum absolute atomic E-state index is 0.0588. The van der Waals surface area contributed by atoms with Gasteiger partial charge in [-0.15, -0.1) is 0 Å². The Hall–Kier alpha value is -2.96. The van der Waals surface area contributed by atoms with Gasteiger partial charge >= 0.3 is 0 Å². The Kier molecular flexibility index (Phi) is 6.06. The van der Waals surface area contributed by atoms with Gasteiger partial charge in [0.25, 0.3) is 5.91 Å². The van der Waals surface area contributed by atoms with Gasteiger partial charge in [-0.1, -0.05) is 18.2 Å². The fraction of sp³-hybridized carbons (Fsp3) is 0.385. The number of aromatic nitrogens is 1. The number of amides is 1. The van der Waals surface area contributed by atoms with Crippen molar-refractivity contribution in [2.45, 2.75) is 19.9 Å². The molecule has 166 valence electrons. The third kappa shape index (κ3) is 4.61. The number of fused-ring (bicyclic) bond motifs is 2. The summed E-state index contributed by atoms with van der Waals surface area (Å²) in [7, 11) is 0. The van der Waals surface area contributed by atoms with Crippen LogP contribution in [0.4, 0.5) is 0 Å². The lowest BCUT2D eigenvalue weighted by molar-refractivity contribution is 0.0945. The monoisotopic (exact) mass is 430 g/mol. The van der Waals surface area contributed by atoms with Crippen LogP contribution in [0.5, 0.6) is 5.75 Å². The highest BCUT2D eigenvalue weighted by Gasteiger charge is 2.19. The Bertz CT molecular complexity index is 1120. The van der Waals surface area contributed by atoms with Crippen molar-refractivity contribution in [3.8, 4) is 5.75 Å². The summed E-state index contributed by atoms with van der Waals surface area (Å²) in [5.41, 5.74) is 5.32. The SMILES string of the molecule is Cc1ccc2c(OCCN3CCN(Cc4ccc5c(c4)CCNC5=O)CC3)cccc2n1. The largest absolute Gasteiger partial charge is 0.492 e. The van der Waals surface area contributed by atoms with Crippen LogP contribution in [0.1, 0.15) is 27.2 Å². The van der Waals surface area contributed by atoms with E-state index in [-0.39, 0.29) is 5.91 Å². The fourth-order valence-electron chi connectivity index (χ4n) is 4.65. The molecule has 3 heterocycles. The lowest BCUT2D eigenvalue weighted by Crippen LogP contribution is -2.47. The molecule has 5 rings (SSSR count). The van der Waals surface area contributed by atoms with Crippen LogP contribution in [0.3, 0.4) is 0 Å². The summed E-state index contributed by atoms with van der Waals surface area (Å²) in [5.74, 6) is 0.971. The van der Waals surface area contributed by atoms with E-state index in [1.807, 2.05) is 37.3 Å². The van der Waals surface area contributed by atoms with Gasteiger partial charge in [-0.2, -0.15) is 0 Å². The molecule has 3 aromatic rings. The summed E-state index contributed by atoms with van der Waals surface area (Å²) in [4.78, 5) is 21.5. The second-order valence-corrected chi connectivity index (χ2v) is 8.74. The van der Waals surface area contributed by atoms with E-state index in [0.29, 0.717) is 6.61 Å². The van der Waals surface area contributed by atoms with Crippen LogP contribution in [0, 0.1) is 6.92 Å². The van der Waals surface area contributed by atoms with E-state index in [9.17, 15) is 4.79 Å². The Labute approximate surface area is 189 Å². The number of rotatable bonds is 6. The molecule has 0 spiro atoms. The van der Waals surface area contributed by atoms with E-state index in [2.05, 4.69) is 38.3 Å². The van der Waals surface area contributed by atoms with Crippen molar-refractivity contribution < 1.29 is 9.53 Å².